The Labute approximate surface area is 141 Å². The van der Waals surface area contributed by atoms with E-state index in [-0.39, 0.29) is 17.4 Å². The van der Waals surface area contributed by atoms with Crippen molar-refractivity contribution in [1.82, 2.24) is 20.8 Å². The number of fused-ring (bicyclic) bond motifs is 1. The first kappa shape index (κ1) is 16.7. The third-order valence-corrected chi connectivity index (χ3v) is 3.84. The summed E-state index contributed by atoms with van der Waals surface area (Å²) < 4.78 is 5.79. The van der Waals surface area contributed by atoms with E-state index in [0.29, 0.717) is 18.4 Å². The maximum Gasteiger partial charge on any atom is 0.320 e. The molecule has 0 aromatic carbocycles. The van der Waals surface area contributed by atoms with Gasteiger partial charge in [0.2, 0.25) is 23.2 Å². The fraction of sp³-hybridized carbons (Fsp3) is 0.667. The maximum atomic E-state index is 11.3. The van der Waals surface area contributed by atoms with Gasteiger partial charge in [-0.1, -0.05) is 26.3 Å². The van der Waals surface area contributed by atoms with E-state index in [0.717, 1.165) is 31.0 Å². The molecule has 9 heteroatoms. The van der Waals surface area contributed by atoms with Crippen LogP contribution in [0.5, 0.6) is 6.01 Å². The molecule has 0 spiro atoms. The van der Waals surface area contributed by atoms with E-state index < -0.39 is 0 Å². The number of hydrogen-bond acceptors (Lipinski definition) is 7. The Morgan fingerprint density at radius 3 is 2.96 bits per heavy atom. The topological polar surface area (TPSA) is 108 Å². The quantitative estimate of drug-likeness (QED) is 0.557. The van der Waals surface area contributed by atoms with Crippen molar-refractivity contribution < 1.29 is 15.0 Å². The molecule has 0 radical (unpaired) electrons. The van der Waals surface area contributed by atoms with E-state index in [1.54, 1.807) is 6.92 Å². The van der Waals surface area contributed by atoms with Crippen LogP contribution in [0.4, 0.5) is 17.3 Å². The minimum atomic E-state index is -0.00105. The number of aromatic nitrogens is 2. The molecule has 1 aromatic heterocycles. The Hall–Kier alpha value is -2.13. The van der Waals surface area contributed by atoms with Gasteiger partial charge in [-0.2, -0.15) is 9.97 Å². The summed E-state index contributed by atoms with van der Waals surface area (Å²) in [6, 6.07) is 0.514. The van der Waals surface area contributed by atoms with Gasteiger partial charge in [-0.15, -0.1) is 0 Å². The molecule has 9 nitrogen and oxygen atoms in total. The monoisotopic (exact) mass is 336 g/mol. The van der Waals surface area contributed by atoms with Crippen LogP contribution in [-0.2, 0) is 4.79 Å². The van der Waals surface area contributed by atoms with Crippen molar-refractivity contribution in [2.24, 2.45) is 5.41 Å². The number of nitrogens with zero attached hydrogens (tertiary/aromatic N) is 3. The summed E-state index contributed by atoms with van der Waals surface area (Å²) in [5.41, 5.74) is 8.78. The molecule has 5 N–H and O–H groups in total. The first-order valence-electron chi connectivity index (χ1n) is 8.23. The lowest BCUT2D eigenvalue weighted by Gasteiger charge is -2.20. The molecule has 0 aliphatic carbocycles. The zero-order chi connectivity index (χ0) is 17.3. The van der Waals surface area contributed by atoms with Gasteiger partial charge in [0.25, 0.3) is 0 Å². The molecular formula is C15H26N7O2+. The number of nitrogens with two attached hydrogens (primary N) is 1. The highest BCUT2D eigenvalue weighted by Gasteiger charge is 2.32. The van der Waals surface area contributed by atoms with E-state index in [2.05, 4.69) is 51.9 Å². The van der Waals surface area contributed by atoms with Gasteiger partial charge in [-0.25, -0.2) is 5.43 Å². The van der Waals surface area contributed by atoms with Crippen molar-refractivity contribution >= 4 is 23.2 Å². The SMILES string of the molecule is CC(=O)NC1CCN(c2nc(OCC(C)(C)C)nc3c2[NH2+]NN3)C1. The van der Waals surface area contributed by atoms with Crippen molar-refractivity contribution in [2.45, 2.75) is 40.2 Å². The normalized spacial score (nSPS) is 19.8. The minimum Gasteiger partial charge on any atom is -0.463 e. The lowest BCUT2D eigenvalue weighted by atomic mass is 9.99. The number of rotatable bonds is 4. The number of carbonyl (C=O) groups is 1. The number of ether oxygens (including phenoxy) is 1. The summed E-state index contributed by atoms with van der Waals surface area (Å²) in [6.07, 6.45) is 0.900. The molecule has 1 aromatic rings. The minimum absolute atomic E-state index is 0.00105. The summed E-state index contributed by atoms with van der Waals surface area (Å²) in [6.45, 7) is 9.96. The van der Waals surface area contributed by atoms with Gasteiger partial charge >= 0.3 is 6.01 Å². The summed E-state index contributed by atoms with van der Waals surface area (Å²) in [7, 11) is 0. The summed E-state index contributed by atoms with van der Waals surface area (Å²) in [5, 5.41) is 2.97. The molecule has 1 amide bonds. The highest BCUT2D eigenvalue weighted by Crippen LogP contribution is 2.32. The van der Waals surface area contributed by atoms with Crippen molar-refractivity contribution in [3.05, 3.63) is 0 Å². The number of hydrogen-bond donors (Lipinski definition) is 4. The molecule has 2 aliphatic rings. The number of anilines is 2. The van der Waals surface area contributed by atoms with E-state index in [1.807, 2.05) is 5.43 Å². The van der Waals surface area contributed by atoms with E-state index in [4.69, 9.17) is 4.74 Å². The van der Waals surface area contributed by atoms with Crippen LogP contribution in [0.1, 0.15) is 34.1 Å². The lowest BCUT2D eigenvalue weighted by Crippen LogP contribution is -2.86. The van der Waals surface area contributed by atoms with E-state index >= 15 is 0 Å². The predicted octanol–water partition coefficient (Wildman–Crippen LogP) is -0.344. The first-order valence-corrected chi connectivity index (χ1v) is 8.23. The summed E-state index contributed by atoms with van der Waals surface area (Å²) in [5.74, 6) is 1.54. The molecule has 0 bridgehead atoms. The maximum absolute atomic E-state index is 11.3. The molecule has 132 valence electrons. The third kappa shape index (κ3) is 3.85. The van der Waals surface area contributed by atoms with Crippen LogP contribution in [0.15, 0.2) is 0 Å². The van der Waals surface area contributed by atoms with Crippen molar-refractivity contribution in [3.63, 3.8) is 0 Å². The molecule has 24 heavy (non-hydrogen) atoms. The first-order chi connectivity index (χ1) is 11.3. The van der Waals surface area contributed by atoms with Crippen LogP contribution in [0, 0.1) is 5.41 Å². The van der Waals surface area contributed by atoms with E-state index in [9.17, 15) is 4.79 Å². The van der Waals surface area contributed by atoms with Gasteiger partial charge in [-0.3, -0.25) is 10.2 Å². The predicted molar refractivity (Wildman–Crippen MR) is 89.8 cm³/mol. The molecule has 1 unspecified atom stereocenters. The second-order valence-electron chi connectivity index (χ2n) is 7.49. The summed E-state index contributed by atoms with van der Waals surface area (Å²) >= 11 is 0. The van der Waals surface area contributed by atoms with E-state index in [1.165, 1.54) is 0 Å². The van der Waals surface area contributed by atoms with Gasteiger partial charge in [0, 0.05) is 26.1 Å². The van der Waals surface area contributed by atoms with Crippen LogP contribution in [0.25, 0.3) is 0 Å². The van der Waals surface area contributed by atoms with Crippen LogP contribution in [0.3, 0.4) is 0 Å². The molecule has 3 rings (SSSR count). The molecule has 3 heterocycles. The molecule has 1 fully saturated rings. The van der Waals surface area contributed by atoms with Crippen LogP contribution < -0.4 is 31.3 Å². The van der Waals surface area contributed by atoms with Gasteiger partial charge in [0.05, 0.1) is 6.61 Å². The van der Waals surface area contributed by atoms with Gasteiger partial charge in [0.15, 0.2) is 0 Å². The largest absolute Gasteiger partial charge is 0.463 e. The average Bonchev–Trinajstić information content (AvgIpc) is 3.11. The molecule has 2 aliphatic heterocycles. The molecule has 0 saturated carbocycles. The molecule has 1 atom stereocenters. The van der Waals surface area contributed by atoms with Crippen LogP contribution in [-0.4, -0.2) is 41.6 Å². The lowest BCUT2D eigenvalue weighted by molar-refractivity contribution is -0.619. The number of nitrogens with one attached hydrogen (secondary N) is 3. The zero-order valence-corrected chi connectivity index (χ0v) is 14.6. The Morgan fingerprint density at radius 2 is 2.25 bits per heavy atom. The molecular weight excluding hydrogens is 310 g/mol. The van der Waals surface area contributed by atoms with Gasteiger partial charge < -0.3 is 15.0 Å². The van der Waals surface area contributed by atoms with Gasteiger partial charge in [0.1, 0.15) is 0 Å². The summed E-state index contributed by atoms with van der Waals surface area (Å²) in [4.78, 5) is 22.5. The fourth-order valence-electron chi connectivity index (χ4n) is 2.79. The number of quaternary nitrogens is 1. The number of carbonyl (C=O) groups excluding carboxylic acids is 1. The Kier molecular flexibility index (Phi) is 4.46. The molecule has 1 saturated heterocycles. The highest BCUT2D eigenvalue weighted by atomic mass is 16.5. The van der Waals surface area contributed by atoms with Crippen LogP contribution in [0.2, 0.25) is 0 Å². The zero-order valence-electron chi connectivity index (χ0n) is 14.6. The average molecular weight is 336 g/mol. The number of hydrazine groups is 1. The van der Waals surface area contributed by atoms with Crippen LogP contribution >= 0.6 is 0 Å². The smallest absolute Gasteiger partial charge is 0.320 e. The Morgan fingerprint density at radius 1 is 1.46 bits per heavy atom. The van der Waals surface area contributed by atoms with Gasteiger partial charge in [-0.05, 0) is 11.8 Å². The Bertz CT molecular complexity index is 629. The van der Waals surface area contributed by atoms with Crippen molar-refractivity contribution in [1.29, 1.82) is 0 Å². The standard InChI is InChI=1S/C15H25N7O2/c1-9(23)16-10-5-6-22(7-10)13-11-12(20-21-19-11)17-14(18-13)24-8-15(2,3)4/h10,19,21H,5-8H2,1-4H3,(H,16,23)(H,17,18,20)/p+1. The fourth-order valence-corrected chi connectivity index (χ4v) is 2.79. The van der Waals surface area contributed by atoms with Crippen molar-refractivity contribution in [2.75, 3.05) is 30.0 Å². The second-order valence-corrected chi connectivity index (χ2v) is 7.49. The highest BCUT2D eigenvalue weighted by molar-refractivity contribution is 5.74. The number of amides is 1. The second kappa shape index (κ2) is 6.40. The van der Waals surface area contributed by atoms with Crippen molar-refractivity contribution in [3.8, 4) is 6.01 Å². The third-order valence-electron chi connectivity index (χ3n) is 3.84. The Balaban J connectivity index is 1.79.